The van der Waals surface area contributed by atoms with Crippen LogP contribution in [0, 0.1) is 5.92 Å². The fourth-order valence-electron chi connectivity index (χ4n) is 5.44. The van der Waals surface area contributed by atoms with E-state index in [0.717, 1.165) is 39.0 Å². The Balaban J connectivity index is 1.31. The maximum atomic E-state index is 13.4. The molecule has 0 saturated carbocycles. The fraction of sp³-hybridized carbons (Fsp3) is 0.324. The molecule has 0 unspecified atom stereocenters. The number of amides is 2. The Morgan fingerprint density at radius 3 is 2.29 bits per heavy atom. The molecule has 0 bridgehead atoms. The Labute approximate surface area is 243 Å². The molecule has 3 aromatic carbocycles. The molecule has 1 aromatic heterocycles. The SMILES string of the molecule is CNC(=O)[C@@H]1[C@@H](Cc2ccc(OCc3cc(-c4ccccc4)nc4ccccc34)cc2)C(=O)N1[Si](C)(C)C(C)(C)C. The lowest BCUT2D eigenvalue weighted by Gasteiger charge is -2.57. The van der Waals surface area contributed by atoms with Crippen LogP contribution in [-0.2, 0) is 22.6 Å². The van der Waals surface area contributed by atoms with E-state index in [1.807, 2.05) is 65.2 Å². The van der Waals surface area contributed by atoms with Crippen molar-refractivity contribution in [1.29, 1.82) is 0 Å². The molecule has 1 aliphatic heterocycles. The van der Waals surface area contributed by atoms with Crippen LogP contribution in [0.2, 0.25) is 18.1 Å². The molecule has 0 spiro atoms. The molecule has 6 nitrogen and oxygen atoms in total. The van der Waals surface area contributed by atoms with Crippen molar-refractivity contribution in [3.05, 3.63) is 96.1 Å². The minimum Gasteiger partial charge on any atom is -0.489 e. The normalized spacial score (nSPS) is 17.3. The summed E-state index contributed by atoms with van der Waals surface area (Å²) in [5.41, 5.74) is 5.00. The Bertz CT molecular complexity index is 1560. The zero-order chi connectivity index (χ0) is 29.4. The van der Waals surface area contributed by atoms with Crippen molar-refractivity contribution in [1.82, 2.24) is 14.9 Å². The summed E-state index contributed by atoms with van der Waals surface area (Å²) in [6.07, 6.45) is 0.526. The number of β-lactam (4-membered cyclic amide) rings is 1. The molecular formula is C34H39N3O3Si. The number of fused-ring (bicyclic) bond motifs is 1. The monoisotopic (exact) mass is 565 g/mol. The highest BCUT2D eigenvalue weighted by Gasteiger charge is 2.59. The number of para-hydroxylation sites is 1. The van der Waals surface area contributed by atoms with Gasteiger partial charge < -0.3 is 14.6 Å². The summed E-state index contributed by atoms with van der Waals surface area (Å²) in [4.78, 5) is 31.2. The third kappa shape index (κ3) is 5.51. The second-order valence-electron chi connectivity index (χ2n) is 12.4. The van der Waals surface area contributed by atoms with Gasteiger partial charge >= 0.3 is 0 Å². The van der Waals surface area contributed by atoms with Gasteiger partial charge in [0, 0.05) is 23.6 Å². The zero-order valence-electron chi connectivity index (χ0n) is 24.8. The van der Waals surface area contributed by atoms with Gasteiger partial charge in [0.05, 0.1) is 17.1 Å². The molecule has 0 aliphatic carbocycles. The number of nitrogens with zero attached hydrogens (tertiary/aromatic N) is 2. The molecule has 2 heterocycles. The lowest BCUT2D eigenvalue weighted by Crippen LogP contribution is -2.76. The summed E-state index contributed by atoms with van der Waals surface area (Å²) < 4.78 is 8.14. The second kappa shape index (κ2) is 11.1. The lowest BCUT2D eigenvalue weighted by molar-refractivity contribution is -0.155. The first-order valence-electron chi connectivity index (χ1n) is 14.2. The van der Waals surface area contributed by atoms with Crippen molar-refractivity contribution in [3.63, 3.8) is 0 Å². The summed E-state index contributed by atoms with van der Waals surface area (Å²) in [5.74, 6) is 0.403. The molecular weight excluding hydrogens is 526 g/mol. The summed E-state index contributed by atoms with van der Waals surface area (Å²) in [6, 6.07) is 27.8. The zero-order valence-corrected chi connectivity index (χ0v) is 25.8. The van der Waals surface area contributed by atoms with Crippen molar-refractivity contribution in [3.8, 4) is 17.0 Å². The van der Waals surface area contributed by atoms with E-state index in [1.54, 1.807) is 7.05 Å². The molecule has 1 N–H and O–H groups in total. The minimum atomic E-state index is -2.18. The maximum absolute atomic E-state index is 13.4. The van der Waals surface area contributed by atoms with Crippen LogP contribution in [0.4, 0.5) is 0 Å². The van der Waals surface area contributed by atoms with Crippen LogP contribution in [0.3, 0.4) is 0 Å². The molecule has 2 amide bonds. The number of carbonyl (C=O) groups excluding carboxylic acids is 2. The number of pyridine rings is 1. The van der Waals surface area contributed by atoms with Gasteiger partial charge in [-0.15, -0.1) is 0 Å². The Morgan fingerprint density at radius 1 is 0.976 bits per heavy atom. The highest BCUT2D eigenvalue weighted by Crippen LogP contribution is 2.45. The predicted molar refractivity (Wildman–Crippen MR) is 167 cm³/mol. The van der Waals surface area contributed by atoms with Crippen LogP contribution in [0.25, 0.3) is 22.2 Å². The van der Waals surface area contributed by atoms with Gasteiger partial charge in [-0.3, -0.25) is 9.59 Å². The van der Waals surface area contributed by atoms with Crippen LogP contribution < -0.4 is 10.1 Å². The van der Waals surface area contributed by atoms with Gasteiger partial charge in [0.25, 0.3) is 0 Å². The number of hydrogen-bond donors (Lipinski definition) is 1. The van der Waals surface area contributed by atoms with Gasteiger partial charge in [0.2, 0.25) is 11.8 Å². The third-order valence-electron chi connectivity index (χ3n) is 8.81. The van der Waals surface area contributed by atoms with E-state index in [-0.39, 0.29) is 22.8 Å². The molecule has 2 atom stereocenters. The van der Waals surface area contributed by atoms with Crippen LogP contribution in [-0.4, -0.2) is 42.7 Å². The number of aromatic nitrogens is 1. The minimum absolute atomic E-state index is 0.0408. The van der Waals surface area contributed by atoms with Crippen molar-refractivity contribution in [2.45, 2.75) is 58.0 Å². The highest BCUT2D eigenvalue weighted by atomic mass is 28.3. The van der Waals surface area contributed by atoms with Gasteiger partial charge in [0.1, 0.15) is 18.4 Å². The number of hydrogen-bond acceptors (Lipinski definition) is 4. The van der Waals surface area contributed by atoms with E-state index in [0.29, 0.717) is 13.0 Å². The van der Waals surface area contributed by atoms with Gasteiger partial charge in [-0.25, -0.2) is 4.98 Å². The van der Waals surface area contributed by atoms with E-state index in [9.17, 15) is 9.59 Å². The first-order valence-corrected chi connectivity index (χ1v) is 17.2. The van der Waals surface area contributed by atoms with Gasteiger partial charge in [0.15, 0.2) is 8.24 Å². The number of carbonyl (C=O) groups is 2. The average Bonchev–Trinajstić information content (AvgIpc) is 2.97. The quantitative estimate of drug-likeness (QED) is 0.193. The summed E-state index contributed by atoms with van der Waals surface area (Å²) in [7, 11) is -0.539. The summed E-state index contributed by atoms with van der Waals surface area (Å²) in [6.45, 7) is 11.3. The smallest absolute Gasteiger partial charge is 0.242 e. The standard InChI is InChI=1S/C34H39N3O3Si/c1-34(2,3)41(5,6)37-31(32(38)35-4)28(33(37)39)20-23-16-18-26(19-17-23)40-22-25-21-30(24-12-8-7-9-13-24)36-29-15-11-10-14-27(25)29/h7-19,21,28,31H,20,22H2,1-6H3,(H,35,38)/t28-,31+/m1/s1. The van der Waals surface area contributed by atoms with Crippen molar-refractivity contribution in [2.75, 3.05) is 7.05 Å². The largest absolute Gasteiger partial charge is 0.489 e. The van der Waals surface area contributed by atoms with E-state index >= 15 is 0 Å². The Hall–Kier alpha value is -3.97. The predicted octanol–water partition coefficient (Wildman–Crippen LogP) is 6.60. The third-order valence-corrected chi connectivity index (χ3v) is 14.2. The van der Waals surface area contributed by atoms with Crippen molar-refractivity contribution < 1.29 is 14.3 Å². The van der Waals surface area contributed by atoms with Crippen molar-refractivity contribution in [2.24, 2.45) is 5.92 Å². The van der Waals surface area contributed by atoms with Crippen molar-refractivity contribution >= 4 is 31.0 Å². The first-order chi connectivity index (χ1) is 19.5. The van der Waals surface area contributed by atoms with E-state index < -0.39 is 14.3 Å². The second-order valence-corrected chi connectivity index (χ2v) is 17.5. The molecule has 0 radical (unpaired) electrons. The Kier molecular flexibility index (Phi) is 7.75. The molecule has 41 heavy (non-hydrogen) atoms. The first kappa shape index (κ1) is 28.6. The maximum Gasteiger partial charge on any atom is 0.242 e. The summed E-state index contributed by atoms with van der Waals surface area (Å²) >= 11 is 0. The molecule has 1 fully saturated rings. The van der Waals surface area contributed by atoms with Crippen LogP contribution in [0.1, 0.15) is 31.9 Å². The van der Waals surface area contributed by atoms with Crippen LogP contribution >= 0.6 is 0 Å². The number of ether oxygens (including phenoxy) is 1. The fourth-order valence-corrected chi connectivity index (χ4v) is 7.87. The van der Waals surface area contributed by atoms with Crippen LogP contribution in [0.5, 0.6) is 5.75 Å². The topological polar surface area (TPSA) is 71.5 Å². The molecule has 7 heteroatoms. The number of likely N-dealkylation sites (N-methyl/N-ethyl adjacent to an activating group) is 1. The summed E-state index contributed by atoms with van der Waals surface area (Å²) in [5, 5.41) is 3.82. The van der Waals surface area contributed by atoms with Gasteiger partial charge in [-0.05, 0) is 41.3 Å². The van der Waals surface area contributed by atoms with Crippen LogP contribution in [0.15, 0.2) is 84.9 Å². The molecule has 1 aliphatic rings. The highest BCUT2D eigenvalue weighted by molar-refractivity contribution is 6.80. The molecule has 212 valence electrons. The van der Waals surface area contributed by atoms with Gasteiger partial charge in [-0.2, -0.15) is 0 Å². The number of benzene rings is 3. The van der Waals surface area contributed by atoms with E-state index in [2.05, 4.69) is 63.4 Å². The Morgan fingerprint density at radius 2 is 1.63 bits per heavy atom. The lowest BCUT2D eigenvalue weighted by atomic mass is 9.84. The molecule has 5 rings (SSSR count). The van der Waals surface area contributed by atoms with Gasteiger partial charge in [-0.1, -0.05) is 94.5 Å². The number of nitrogens with one attached hydrogen (secondary N) is 1. The van der Waals surface area contributed by atoms with E-state index in [4.69, 9.17) is 9.72 Å². The van der Waals surface area contributed by atoms with E-state index in [1.165, 1.54) is 0 Å². The average molecular weight is 566 g/mol. The number of rotatable bonds is 8. The molecule has 4 aromatic rings. The molecule has 1 saturated heterocycles.